The number of nitrogens with zero attached hydrogens (tertiary/aromatic N) is 2. The highest BCUT2D eigenvalue weighted by Gasteiger charge is 2.11. The second-order valence-electron chi connectivity index (χ2n) is 4.01. The summed E-state index contributed by atoms with van der Waals surface area (Å²) in [6.45, 7) is 0.185. The zero-order valence-corrected chi connectivity index (χ0v) is 10.7. The van der Waals surface area contributed by atoms with E-state index in [1.807, 2.05) is 0 Å². The molecule has 0 radical (unpaired) electrons. The van der Waals surface area contributed by atoms with Crippen LogP contribution in [0.5, 0.6) is 0 Å². The van der Waals surface area contributed by atoms with Crippen LogP contribution in [0, 0.1) is 5.82 Å². The molecule has 21 heavy (non-hydrogen) atoms. The average molecular weight is 290 g/mol. The van der Waals surface area contributed by atoms with Gasteiger partial charge in [0.05, 0.1) is 17.8 Å². The first kappa shape index (κ1) is 14.4. The van der Waals surface area contributed by atoms with Gasteiger partial charge in [-0.05, 0) is 24.3 Å². The molecule has 0 atom stereocenters. The summed E-state index contributed by atoms with van der Waals surface area (Å²) < 4.78 is 13.4. The fourth-order valence-electron chi connectivity index (χ4n) is 1.54. The molecule has 0 saturated heterocycles. The number of anilines is 1. The number of carbonyl (C=O) groups excluding carboxylic acids is 1. The number of aromatic carboxylic acids is 1. The number of aromatic nitrogens is 2. The summed E-state index contributed by atoms with van der Waals surface area (Å²) in [6.07, 6.45) is 2.90. The maximum atomic E-state index is 13.4. The molecule has 0 aliphatic carbocycles. The summed E-state index contributed by atoms with van der Waals surface area (Å²) in [5.74, 6) is -2.29. The van der Waals surface area contributed by atoms with Crippen LogP contribution in [-0.4, -0.2) is 27.1 Å². The van der Waals surface area contributed by atoms with E-state index in [4.69, 9.17) is 5.11 Å². The Bertz CT molecular complexity index is 664. The van der Waals surface area contributed by atoms with Gasteiger partial charge in [-0.3, -0.25) is 0 Å². The number of urea groups is 1. The average Bonchev–Trinajstić information content (AvgIpc) is 2.46. The molecule has 0 aliphatic rings. The molecule has 0 saturated carbocycles. The van der Waals surface area contributed by atoms with Gasteiger partial charge >= 0.3 is 12.0 Å². The molecule has 0 unspecified atom stereocenters. The number of hydrogen-bond acceptors (Lipinski definition) is 4. The predicted molar refractivity (Wildman–Crippen MR) is 71.2 cm³/mol. The third kappa shape index (κ3) is 3.96. The molecule has 108 valence electrons. The van der Waals surface area contributed by atoms with Crippen molar-refractivity contribution in [1.29, 1.82) is 0 Å². The number of carbonyl (C=O) groups is 2. The lowest BCUT2D eigenvalue weighted by molar-refractivity contribution is 0.0692. The molecule has 1 heterocycles. The van der Waals surface area contributed by atoms with E-state index < -0.39 is 23.4 Å². The molecule has 2 rings (SSSR count). The van der Waals surface area contributed by atoms with Crippen molar-refractivity contribution in [2.45, 2.75) is 6.54 Å². The number of benzene rings is 1. The van der Waals surface area contributed by atoms with Crippen molar-refractivity contribution in [3.63, 3.8) is 0 Å². The van der Waals surface area contributed by atoms with Crippen LogP contribution >= 0.6 is 0 Å². The van der Waals surface area contributed by atoms with Gasteiger partial charge in [0.15, 0.2) is 0 Å². The zero-order chi connectivity index (χ0) is 15.2. The highest BCUT2D eigenvalue weighted by atomic mass is 19.1. The second-order valence-corrected chi connectivity index (χ2v) is 4.01. The molecule has 0 spiro atoms. The Labute approximate surface area is 118 Å². The summed E-state index contributed by atoms with van der Waals surface area (Å²) in [4.78, 5) is 29.9. The lowest BCUT2D eigenvalue weighted by Gasteiger charge is -2.08. The normalized spacial score (nSPS) is 9.95. The van der Waals surface area contributed by atoms with Gasteiger partial charge in [0, 0.05) is 11.9 Å². The second kappa shape index (κ2) is 6.42. The Kier molecular flexibility index (Phi) is 4.39. The lowest BCUT2D eigenvalue weighted by atomic mass is 10.2. The van der Waals surface area contributed by atoms with Crippen molar-refractivity contribution >= 4 is 17.7 Å². The van der Waals surface area contributed by atoms with Gasteiger partial charge < -0.3 is 15.7 Å². The summed E-state index contributed by atoms with van der Waals surface area (Å²) in [5.41, 5.74) is 0.312. The molecule has 0 fully saturated rings. The van der Waals surface area contributed by atoms with E-state index in [0.717, 1.165) is 12.1 Å². The molecule has 2 amide bonds. The molecule has 2 aromatic rings. The van der Waals surface area contributed by atoms with Gasteiger partial charge in [-0.2, -0.15) is 0 Å². The molecule has 0 bridgehead atoms. The quantitative estimate of drug-likeness (QED) is 0.794. The van der Waals surface area contributed by atoms with E-state index >= 15 is 0 Å². The number of halogens is 1. The van der Waals surface area contributed by atoms with Crippen LogP contribution < -0.4 is 10.6 Å². The van der Waals surface area contributed by atoms with Gasteiger partial charge in [0.1, 0.15) is 12.1 Å². The van der Waals surface area contributed by atoms with E-state index in [1.54, 1.807) is 12.3 Å². The number of rotatable bonds is 4. The van der Waals surface area contributed by atoms with Crippen molar-refractivity contribution in [3.05, 3.63) is 53.9 Å². The monoisotopic (exact) mass is 290 g/mol. The Hall–Kier alpha value is -3.03. The number of carboxylic acid groups (broad SMARTS) is 1. The standard InChI is InChI=1S/C13H11FN4O3/c14-11-5-8(1-2-10(11)12(19)20)18-13(21)16-6-9-3-4-15-7-17-9/h1-5,7H,6H2,(H,19,20)(H2,16,18,21). The Morgan fingerprint density at radius 3 is 2.71 bits per heavy atom. The van der Waals surface area contributed by atoms with Crippen LogP contribution in [0.25, 0.3) is 0 Å². The molecular formula is C13H11FN4O3. The third-order valence-corrected chi connectivity index (χ3v) is 2.53. The minimum Gasteiger partial charge on any atom is -0.478 e. The summed E-state index contributed by atoms with van der Waals surface area (Å²) in [6, 6.07) is 4.40. The summed E-state index contributed by atoms with van der Waals surface area (Å²) >= 11 is 0. The van der Waals surface area contributed by atoms with Crippen molar-refractivity contribution in [2.24, 2.45) is 0 Å². The molecule has 1 aromatic carbocycles. The van der Waals surface area contributed by atoms with Crippen LogP contribution in [-0.2, 0) is 6.54 Å². The van der Waals surface area contributed by atoms with Gasteiger partial charge in [-0.25, -0.2) is 23.9 Å². The predicted octanol–water partition coefficient (Wildman–Crippen LogP) is 1.64. The molecule has 0 aliphatic heterocycles. The molecule has 1 aromatic heterocycles. The van der Waals surface area contributed by atoms with Gasteiger partial charge in [-0.15, -0.1) is 0 Å². The Morgan fingerprint density at radius 2 is 2.10 bits per heavy atom. The van der Waals surface area contributed by atoms with Crippen molar-refractivity contribution in [3.8, 4) is 0 Å². The fraction of sp³-hybridized carbons (Fsp3) is 0.0769. The van der Waals surface area contributed by atoms with Crippen LogP contribution in [0.4, 0.5) is 14.9 Å². The van der Waals surface area contributed by atoms with Crippen LogP contribution in [0.3, 0.4) is 0 Å². The number of carboxylic acids is 1. The number of hydrogen-bond donors (Lipinski definition) is 3. The largest absolute Gasteiger partial charge is 0.478 e. The zero-order valence-electron chi connectivity index (χ0n) is 10.7. The number of amides is 2. The minimum absolute atomic E-state index is 0.151. The topological polar surface area (TPSA) is 104 Å². The van der Waals surface area contributed by atoms with Crippen LogP contribution in [0.1, 0.15) is 16.1 Å². The first-order valence-electron chi connectivity index (χ1n) is 5.89. The summed E-state index contributed by atoms with van der Waals surface area (Å²) in [7, 11) is 0. The van der Waals surface area contributed by atoms with Crippen LogP contribution in [0.15, 0.2) is 36.8 Å². The Balaban J connectivity index is 1.94. The maximum Gasteiger partial charge on any atom is 0.338 e. The van der Waals surface area contributed by atoms with E-state index in [2.05, 4.69) is 20.6 Å². The Morgan fingerprint density at radius 1 is 1.29 bits per heavy atom. The number of nitrogens with one attached hydrogen (secondary N) is 2. The highest BCUT2D eigenvalue weighted by molar-refractivity contribution is 5.91. The molecule has 8 heteroatoms. The first-order chi connectivity index (χ1) is 10.1. The van der Waals surface area contributed by atoms with E-state index in [9.17, 15) is 14.0 Å². The lowest BCUT2D eigenvalue weighted by Crippen LogP contribution is -2.28. The minimum atomic E-state index is -1.37. The molecule has 7 nitrogen and oxygen atoms in total. The van der Waals surface area contributed by atoms with Gasteiger partial charge in [0.2, 0.25) is 0 Å². The van der Waals surface area contributed by atoms with Crippen molar-refractivity contribution < 1.29 is 19.1 Å². The van der Waals surface area contributed by atoms with Crippen molar-refractivity contribution in [1.82, 2.24) is 15.3 Å². The van der Waals surface area contributed by atoms with E-state index in [-0.39, 0.29) is 12.2 Å². The SMILES string of the molecule is O=C(NCc1ccncn1)Nc1ccc(C(=O)O)c(F)c1. The van der Waals surface area contributed by atoms with Crippen LogP contribution in [0.2, 0.25) is 0 Å². The first-order valence-corrected chi connectivity index (χ1v) is 5.89. The van der Waals surface area contributed by atoms with Crippen molar-refractivity contribution in [2.75, 3.05) is 5.32 Å². The van der Waals surface area contributed by atoms with E-state index in [0.29, 0.717) is 5.69 Å². The molecule has 3 N–H and O–H groups in total. The summed E-state index contributed by atoms with van der Waals surface area (Å²) in [5, 5.41) is 13.6. The van der Waals surface area contributed by atoms with E-state index in [1.165, 1.54) is 12.4 Å². The van der Waals surface area contributed by atoms with Gasteiger partial charge in [-0.1, -0.05) is 0 Å². The maximum absolute atomic E-state index is 13.4. The highest BCUT2D eigenvalue weighted by Crippen LogP contribution is 2.14. The van der Waals surface area contributed by atoms with Gasteiger partial charge in [0.25, 0.3) is 0 Å². The fourth-order valence-corrected chi connectivity index (χ4v) is 1.54. The smallest absolute Gasteiger partial charge is 0.338 e. The molecular weight excluding hydrogens is 279 g/mol. The third-order valence-electron chi connectivity index (χ3n) is 2.53.